The van der Waals surface area contributed by atoms with Crippen molar-refractivity contribution in [3.05, 3.63) is 151 Å². The van der Waals surface area contributed by atoms with Gasteiger partial charge in [-0.15, -0.1) is 0 Å². The van der Waals surface area contributed by atoms with Crippen LogP contribution in [0.4, 0.5) is 0 Å². The van der Waals surface area contributed by atoms with Gasteiger partial charge in [0.1, 0.15) is 0 Å². The lowest BCUT2D eigenvalue weighted by Crippen LogP contribution is -2.42. The van der Waals surface area contributed by atoms with Gasteiger partial charge in [0.05, 0.1) is 11.6 Å². The fourth-order valence-corrected chi connectivity index (χ4v) is 9.83. The number of hydrogen-bond donors (Lipinski definition) is 0. The second-order valence-corrected chi connectivity index (χ2v) is 15.6. The average Bonchev–Trinajstić information content (AvgIpc) is 3.20. The van der Waals surface area contributed by atoms with E-state index >= 15 is 0 Å². The van der Waals surface area contributed by atoms with Crippen molar-refractivity contribution in [1.29, 1.82) is 5.26 Å². The molecule has 1 unspecified atom stereocenters. The van der Waals surface area contributed by atoms with Crippen LogP contribution in [0, 0.1) is 29.1 Å². The molecule has 7 aromatic rings. The third kappa shape index (κ3) is 6.21. The van der Waals surface area contributed by atoms with Gasteiger partial charge in [0.15, 0.2) is 17.5 Å². The van der Waals surface area contributed by atoms with E-state index in [0.29, 0.717) is 28.5 Å². The van der Waals surface area contributed by atoms with Crippen LogP contribution in [0.3, 0.4) is 0 Å². The van der Waals surface area contributed by atoms with Crippen LogP contribution in [0.15, 0.2) is 140 Å². The highest BCUT2D eigenvalue weighted by atomic mass is 15.0. The zero-order valence-corrected chi connectivity index (χ0v) is 30.3. The maximum atomic E-state index is 9.59. The molecule has 2 aliphatic carbocycles. The molecule has 1 aromatic heterocycles. The molecule has 0 aliphatic heterocycles. The molecule has 2 fully saturated rings. The number of aromatic nitrogens is 3. The Morgan fingerprint density at radius 2 is 1.09 bits per heavy atom. The quantitative estimate of drug-likeness (QED) is 0.175. The normalized spacial score (nSPS) is 20.9. The van der Waals surface area contributed by atoms with Crippen molar-refractivity contribution in [3.63, 3.8) is 0 Å². The SMILES string of the molecule is C[C@@H]1C[C@@H]2C[C@H](C)CC(c3ccc(-c4ccccc4-c4nc(-c5ccccc5)nc(-c5ccc(-c6cccc(C#N)c6)c6ccccc56)n4)cc3)(C1)C2. The van der Waals surface area contributed by atoms with E-state index in [9.17, 15) is 5.26 Å². The van der Waals surface area contributed by atoms with E-state index in [2.05, 4.69) is 123 Å². The predicted octanol–water partition coefficient (Wildman–Crippen LogP) is 12.3. The molecular weight excluding hydrogens is 645 g/mol. The maximum absolute atomic E-state index is 9.59. The smallest absolute Gasteiger partial charge is 0.164 e. The number of rotatable bonds is 6. The molecule has 0 saturated heterocycles. The summed E-state index contributed by atoms with van der Waals surface area (Å²) >= 11 is 0. The van der Waals surface area contributed by atoms with Crippen LogP contribution in [0.5, 0.6) is 0 Å². The van der Waals surface area contributed by atoms with Crippen LogP contribution in [0.2, 0.25) is 0 Å². The molecule has 0 N–H and O–H groups in total. The van der Waals surface area contributed by atoms with Crippen LogP contribution in [-0.2, 0) is 5.41 Å². The molecule has 53 heavy (non-hydrogen) atoms. The molecule has 9 rings (SSSR count). The van der Waals surface area contributed by atoms with Gasteiger partial charge in [0.2, 0.25) is 0 Å². The summed E-state index contributed by atoms with van der Waals surface area (Å²) in [4.78, 5) is 15.5. The Hall–Kier alpha value is -5.92. The minimum Gasteiger partial charge on any atom is -0.208 e. The Labute approximate surface area is 312 Å². The fraction of sp³-hybridized carbons (Fsp3) is 0.224. The highest BCUT2D eigenvalue weighted by molar-refractivity contribution is 6.04. The first-order valence-corrected chi connectivity index (χ1v) is 19.0. The highest BCUT2D eigenvalue weighted by Crippen LogP contribution is 2.54. The maximum Gasteiger partial charge on any atom is 0.164 e. The van der Waals surface area contributed by atoms with Gasteiger partial charge in [-0.1, -0.05) is 135 Å². The molecular formula is C49H42N4. The molecule has 2 saturated carbocycles. The van der Waals surface area contributed by atoms with Crippen LogP contribution < -0.4 is 0 Å². The summed E-state index contributed by atoms with van der Waals surface area (Å²) in [6, 6.07) is 50.8. The summed E-state index contributed by atoms with van der Waals surface area (Å²) in [6.45, 7) is 4.92. The number of fused-ring (bicyclic) bond motifs is 3. The fourth-order valence-electron chi connectivity index (χ4n) is 9.83. The van der Waals surface area contributed by atoms with Crippen molar-refractivity contribution in [1.82, 2.24) is 15.0 Å². The minimum absolute atomic E-state index is 0.294. The number of nitrogens with zero attached hydrogens (tertiary/aromatic N) is 4. The van der Waals surface area contributed by atoms with Gasteiger partial charge in [0.25, 0.3) is 0 Å². The first kappa shape index (κ1) is 33.0. The summed E-state index contributed by atoms with van der Waals surface area (Å²) in [6.07, 6.45) is 6.68. The molecule has 0 spiro atoms. The molecule has 4 nitrogen and oxygen atoms in total. The van der Waals surface area contributed by atoms with Crippen molar-refractivity contribution >= 4 is 10.8 Å². The molecule has 1 heterocycles. The highest BCUT2D eigenvalue weighted by Gasteiger charge is 2.45. The summed E-state index contributed by atoms with van der Waals surface area (Å²) in [5.41, 5.74) is 9.63. The van der Waals surface area contributed by atoms with E-state index in [1.54, 1.807) is 0 Å². The Morgan fingerprint density at radius 3 is 1.81 bits per heavy atom. The zero-order chi connectivity index (χ0) is 35.9. The molecule has 0 radical (unpaired) electrons. The molecule has 6 aromatic carbocycles. The van der Waals surface area contributed by atoms with Gasteiger partial charge in [-0.3, -0.25) is 0 Å². The van der Waals surface area contributed by atoms with E-state index in [-0.39, 0.29) is 0 Å². The first-order chi connectivity index (χ1) is 26.0. The van der Waals surface area contributed by atoms with Crippen molar-refractivity contribution in [2.45, 2.75) is 51.4 Å². The minimum atomic E-state index is 0.294. The number of hydrogen-bond acceptors (Lipinski definition) is 4. The third-order valence-corrected chi connectivity index (χ3v) is 11.7. The summed E-state index contributed by atoms with van der Waals surface area (Å²) in [5, 5.41) is 11.7. The Bertz CT molecular complexity index is 2480. The first-order valence-electron chi connectivity index (χ1n) is 19.0. The van der Waals surface area contributed by atoms with E-state index in [1.165, 1.54) is 43.2 Å². The summed E-state index contributed by atoms with van der Waals surface area (Å²) < 4.78 is 0. The Balaban J connectivity index is 1.16. The molecule has 0 amide bonds. The molecule has 258 valence electrons. The second-order valence-electron chi connectivity index (χ2n) is 15.6. The zero-order valence-electron chi connectivity index (χ0n) is 30.3. The van der Waals surface area contributed by atoms with Crippen LogP contribution >= 0.6 is 0 Å². The largest absolute Gasteiger partial charge is 0.208 e. The summed E-state index contributed by atoms with van der Waals surface area (Å²) in [5.74, 6) is 4.31. The lowest BCUT2D eigenvalue weighted by molar-refractivity contribution is 0.0780. The monoisotopic (exact) mass is 686 g/mol. The van der Waals surface area contributed by atoms with Crippen molar-refractivity contribution in [3.8, 4) is 62.5 Å². The topological polar surface area (TPSA) is 62.5 Å². The van der Waals surface area contributed by atoms with E-state index in [4.69, 9.17) is 15.0 Å². The van der Waals surface area contributed by atoms with Gasteiger partial charge in [-0.2, -0.15) is 5.26 Å². The predicted molar refractivity (Wildman–Crippen MR) is 216 cm³/mol. The van der Waals surface area contributed by atoms with E-state index in [1.807, 2.05) is 36.4 Å². The Kier molecular flexibility index (Phi) is 8.43. The van der Waals surface area contributed by atoms with Crippen LogP contribution in [0.1, 0.15) is 57.1 Å². The van der Waals surface area contributed by atoms with Crippen molar-refractivity contribution in [2.75, 3.05) is 0 Å². The molecule has 4 heteroatoms. The molecule has 2 aliphatic rings. The number of benzene rings is 6. The van der Waals surface area contributed by atoms with Gasteiger partial charge in [-0.25, -0.2) is 15.0 Å². The number of nitriles is 1. The van der Waals surface area contributed by atoms with Gasteiger partial charge in [-0.05, 0) is 112 Å². The van der Waals surface area contributed by atoms with Gasteiger partial charge < -0.3 is 0 Å². The standard InChI is InChI=1S/C49H42N4/c1-32-25-35-26-33(2)29-49(28-32,30-35)39-21-19-36(20-22-39)40-15-6-9-18-44(40)47-51-46(37-12-4-3-5-13-37)52-48(53-47)45-24-23-41(42-16-7-8-17-43(42)45)38-14-10-11-34(27-38)31-50/h3-24,27,32-33,35H,25-26,28-30H2,1-2H3/t32-,33+,35-,49?. The molecule has 2 bridgehead atoms. The van der Waals surface area contributed by atoms with Crippen molar-refractivity contribution in [2.24, 2.45) is 17.8 Å². The summed E-state index contributed by atoms with van der Waals surface area (Å²) in [7, 11) is 0. The van der Waals surface area contributed by atoms with Crippen LogP contribution in [-0.4, -0.2) is 15.0 Å². The average molecular weight is 687 g/mol. The second kappa shape index (κ2) is 13.6. The van der Waals surface area contributed by atoms with E-state index < -0.39 is 0 Å². The Morgan fingerprint density at radius 1 is 0.509 bits per heavy atom. The molecule has 4 atom stereocenters. The van der Waals surface area contributed by atoms with Crippen molar-refractivity contribution < 1.29 is 0 Å². The lowest BCUT2D eigenvalue weighted by Gasteiger charge is -2.50. The van der Waals surface area contributed by atoms with Crippen LogP contribution in [0.25, 0.3) is 67.2 Å². The van der Waals surface area contributed by atoms with E-state index in [0.717, 1.165) is 61.9 Å². The van der Waals surface area contributed by atoms with Gasteiger partial charge >= 0.3 is 0 Å². The van der Waals surface area contributed by atoms with Gasteiger partial charge in [0, 0.05) is 16.7 Å². The lowest BCUT2D eigenvalue weighted by atomic mass is 9.54. The third-order valence-electron chi connectivity index (χ3n) is 11.7.